The van der Waals surface area contributed by atoms with Crippen LogP contribution in [0.5, 0.6) is 0 Å². The summed E-state index contributed by atoms with van der Waals surface area (Å²) in [4.78, 5) is 0. The van der Waals surface area contributed by atoms with Crippen molar-refractivity contribution in [3.05, 3.63) is 47.2 Å². The van der Waals surface area contributed by atoms with Crippen molar-refractivity contribution >= 4 is 0 Å². The number of hydrogen-bond acceptors (Lipinski definition) is 1. The van der Waals surface area contributed by atoms with E-state index in [-0.39, 0.29) is 0 Å². The molecule has 2 rings (SSSR count). The first-order valence-corrected chi connectivity index (χ1v) is 6.25. The summed E-state index contributed by atoms with van der Waals surface area (Å²) in [5.41, 5.74) is 9.76. The van der Waals surface area contributed by atoms with Crippen LogP contribution < -0.4 is 5.73 Å². The van der Waals surface area contributed by atoms with Gasteiger partial charge in [-0.05, 0) is 42.9 Å². The van der Waals surface area contributed by atoms with E-state index in [0.29, 0.717) is 5.92 Å². The summed E-state index contributed by atoms with van der Waals surface area (Å²) in [6, 6.07) is 0. The molecule has 2 aliphatic rings. The zero-order valence-corrected chi connectivity index (χ0v) is 10.2. The fourth-order valence-electron chi connectivity index (χ4n) is 2.67. The highest BCUT2D eigenvalue weighted by Crippen LogP contribution is 2.34. The summed E-state index contributed by atoms with van der Waals surface area (Å²) >= 11 is 0. The van der Waals surface area contributed by atoms with Gasteiger partial charge in [-0.2, -0.15) is 0 Å². The van der Waals surface area contributed by atoms with Gasteiger partial charge in [0.05, 0.1) is 0 Å². The highest BCUT2D eigenvalue weighted by Gasteiger charge is 2.20. The van der Waals surface area contributed by atoms with Gasteiger partial charge in [-0.3, -0.25) is 0 Å². The molecule has 0 saturated carbocycles. The van der Waals surface area contributed by atoms with Gasteiger partial charge in [0.1, 0.15) is 0 Å². The molecule has 0 radical (unpaired) electrons. The number of fused-ring (bicyclic) bond motifs is 2. The Bertz CT molecular complexity index is 382. The molecule has 2 unspecified atom stereocenters. The molecule has 0 aromatic rings. The Labute approximate surface area is 98.4 Å². The largest absolute Gasteiger partial charge is 0.399 e. The van der Waals surface area contributed by atoms with E-state index in [0.717, 1.165) is 18.0 Å². The van der Waals surface area contributed by atoms with Crippen LogP contribution in [0.25, 0.3) is 0 Å². The molecule has 1 nitrogen and oxygen atoms in total. The second-order valence-corrected chi connectivity index (χ2v) is 4.96. The number of allylic oxidation sites excluding steroid dienone is 7. The molecule has 16 heavy (non-hydrogen) atoms. The first-order valence-electron chi connectivity index (χ1n) is 6.25. The van der Waals surface area contributed by atoms with Gasteiger partial charge < -0.3 is 5.73 Å². The van der Waals surface area contributed by atoms with Gasteiger partial charge in [0.25, 0.3) is 0 Å². The minimum absolute atomic E-state index is 0.566. The molecule has 0 aromatic heterocycles. The number of rotatable bonds is 1. The standard InChI is InChI=1S/C15H21N/c1-3-15-12-6-4-5-11(2)9-13(15)7-8-14(16)10-12/h4,6-8,10-11,15H,3,5,9,16H2,1-2H3/b6-4-. The topological polar surface area (TPSA) is 26.0 Å². The lowest BCUT2D eigenvalue weighted by Crippen LogP contribution is -2.10. The number of nitrogens with two attached hydrogens (primary N) is 1. The zero-order valence-electron chi connectivity index (χ0n) is 10.2. The molecule has 2 N–H and O–H groups in total. The van der Waals surface area contributed by atoms with E-state index in [2.05, 4.69) is 44.2 Å². The molecule has 2 atom stereocenters. The van der Waals surface area contributed by atoms with Crippen molar-refractivity contribution in [2.45, 2.75) is 33.1 Å². The van der Waals surface area contributed by atoms with Crippen LogP contribution in [0.3, 0.4) is 0 Å². The minimum atomic E-state index is 0.566. The molecule has 1 heteroatoms. The van der Waals surface area contributed by atoms with E-state index in [1.165, 1.54) is 18.4 Å². The third-order valence-corrected chi connectivity index (χ3v) is 3.51. The molecular formula is C15H21N. The normalized spacial score (nSPS) is 31.5. The van der Waals surface area contributed by atoms with Gasteiger partial charge in [-0.1, -0.05) is 37.6 Å². The summed E-state index contributed by atoms with van der Waals surface area (Å²) in [5, 5.41) is 0. The molecule has 0 saturated heterocycles. The molecule has 2 aliphatic carbocycles. The highest BCUT2D eigenvalue weighted by molar-refractivity contribution is 5.41. The first-order chi connectivity index (χ1) is 7.70. The zero-order chi connectivity index (χ0) is 11.5. The second-order valence-electron chi connectivity index (χ2n) is 4.96. The van der Waals surface area contributed by atoms with Crippen LogP contribution in [0, 0.1) is 11.8 Å². The van der Waals surface area contributed by atoms with Gasteiger partial charge in [-0.25, -0.2) is 0 Å². The van der Waals surface area contributed by atoms with Gasteiger partial charge in [-0.15, -0.1) is 0 Å². The summed E-state index contributed by atoms with van der Waals surface area (Å²) in [6.45, 7) is 4.58. The SMILES string of the molecule is CCC1C2=CC(N)=CC=C1CC(C)C/C=C\2. The number of hydrogen-bond donors (Lipinski definition) is 1. The fraction of sp³-hybridized carbons (Fsp3) is 0.467. The van der Waals surface area contributed by atoms with Crippen molar-refractivity contribution in [1.29, 1.82) is 0 Å². The lowest BCUT2D eigenvalue weighted by Gasteiger charge is -2.24. The quantitative estimate of drug-likeness (QED) is 0.709. The molecular weight excluding hydrogens is 194 g/mol. The van der Waals surface area contributed by atoms with Crippen molar-refractivity contribution in [1.82, 2.24) is 0 Å². The van der Waals surface area contributed by atoms with E-state index in [9.17, 15) is 0 Å². The minimum Gasteiger partial charge on any atom is -0.399 e. The third kappa shape index (κ3) is 2.29. The van der Waals surface area contributed by atoms with E-state index in [1.807, 2.05) is 0 Å². The molecule has 2 bridgehead atoms. The van der Waals surface area contributed by atoms with Crippen molar-refractivity contribution in [2.75, 3.05) is 0 Å². The summed E-state index contributed by atoms with van der Waals surface area (Å²) in [7, 11) is 0. The average Bonchev–Trinajstić information content (AvgIpc) is 2.38. The predicted octanol–water partition coefficient (Wildman–Crippen LogP) is 3.71. The smallest absolute Gasteiger partial charge is 0.0316 e. The molecule has 0 amide bonds. The Morgan fingerprint density at radius 1 is 1.38 bits per heavy atom. The average molecular weight is 215 g/mol. The van der Waals surface area contributed by atoms with Crippen molar-refractivity contribution < 1.29 is 0 Å². The van der Waals surface area contributed by atoms with Crippen LogP contribution in [0.1, 0.15) is 33.1 Å². The van der Waals surface area contributed by atoms with Gasteiger partial charge >= 0.3 is 0 Å². The maximum absolute atomic E-state index is 5.95. The molecule has 0 aliphatic heterocycles. The van der Waals surface area contributed by atoms with E-state index < -0.39 is 0 Å². The van der Waals surface area contributed by atoms with Crippen molar-refractivity contribution in [3.8, 4) is 0 Å². The summed E-state index contributed by atoms with van der Waals surface area (Å²) in [6.07, 6.45) is 14.5. The maximum atomic E-state index is 5.95. The fourth-order valence-corrected chi connectivity index (χ4v) is 2.67. The van der Waals surface area contributed by atoms with E-state index >= 15 is 0 Å². The summed E-state index contributed by atoms with van der Waals surface area (Å²) in [5.74, 6) is 1.31. The Hall–Kier alpha value is -1.24. The van der Waals surface area contributed by atoms with Crippen molar-refractivity contribution in [2.24, 2.45) is 17.6 Å². The van der Waals surface area contributed by atoms with Crippen LogP contribution >= 0.6 is 0 Å². The maximum Gasteiger partial charge on any atom is 0.0316 e. The first kappa shape index (κ1) is 11.3. The molecule has 0 aromatic carbocycles. The third-order valence-electron chi connectivity index (χ3n) is 3.51. The van der Waals surface area contributed by atoms with Crippen molar-refractivity contribution in [3.63, 3.8) is 0 Å². The Kier molecular flexibility index (Phi) is 3.33. The molecule has 0 spiro atoms. The molecule has 86 valence electrons. The van der Waals surface area contributed by atoms with Gasteiger partial charge in [0, 0.05) is 11.6 Å². The second kappa shape index (κ2) is 4.73. The van der Waals surface area contributed by atoms with E-state index in [1.54, 1.807) is 5.57 Å². The lowest BCUT2D eigenvalue weighted by atomic mass is 9.81. The van der Waals surface area contributed by atoms with Crippen LogP contribution in [0.2, 0.25) is 0 Å². The predicted molar refractivity (Wildman–Crippen MR) is 69.8 cm³/mol. The van der Waals surface area contributed by atoms with Crippen LogP contribution in [0.15, 0.2) is 47.2 Å². The van der Waals surface area contributed by atoms with Gasteiger partial charge in [0.15, 0.2) is 0 Å². The van der Waals surface area contributed by atoms with Crippen LogP contribution in [-0.2, 0) is 0 Å². The monoisotopic (exact) mass is 215 g/mol. The Balaban J connectivity index is 2.45. The van der Waals surface area contributed by atoms with Crippen LogP contribution in [0.4, 0.5) is 0 Å². The van der Waals surface area contributed by atoms with Crippen LogP contribution in [-0.4, -0.2) is 0 Å². The lowest BCUT2D eigenvalue weighted by molar-refractivity contribution is 0.531. The molecule has 0 heterocycles. The van der Waals surface area contributed by atoms with E-state index in [4.69, 9.17) is 5.73 Å². The Morgan fingerprint density at radius 3 is 2.94 bits per heavy atom. The Morgan fingerprint density at radius 2 is 2.19 bits per heavy atom. The summed E-state index contributed by atoms with van der Waals surface area (Å²) < 4.78 is 0. The highest BCUT2D eigenvalue weighted by atomic mass is 14.6. The molecule has 0 fully saturated rings. The van der Waals surface area contributed by atoms with Gasteiger partial charge in [0.2, 0.25) is 0 Å².